The van der Waals surface area contributed by atoms with Gasteiger partial charge in [0.2, 0.25) is 0 Å². The van der Waals surface area contributed by atoms with Gasteiger partial charge in [0.25, 0.3) is 0 Å². The van der Waals surface area contributed by atoms with E-state index >= 15 is 0 Å². The minimum Gasteiger partial charge on any atom is -1.00 e. The van der Waals surface area contributed by atoms with Gasteiger partial charge in [0, 0.05) is 86.9 Å². The molecule has 1 amide bonds. The van der Waals surface area contributed by atoms with Crippen molar-refractivity contribution < 1.29 is 54.3 Å². The number of nitrogens with two attached hydrogens (primary N) is 3. The fourth-order valence-electron chi connectivity index (χ4n) is 7.43. The van der Waals surface area contributed by atoms with Gasteiger partial charge in [0.05, 0.1) is 40.8 Å². The molecule has 3 radical (unpaired) electrons. The van der Waals surface area contributed by atoms with Crippen LogP contribution in [0, 0.1) is 0 Å². The van der Waals surface area contributed by atoms with Gasteiger partial charge in [-0.15, -0.1) is 0 Å². The molecule has 72 heavy (non-hydrogen) atoms. The number of pyridine rings is 4. The second-order valence-corrected chi connectivity index (χ2v) is 21.1. The van der Waals surface area contributed by atoms with E-state index < -0.39 is 17.2 Å². The molecule has 2 saturated heterocycles. The minimum atomic E-state index is -0.586. The number of aliphatic hydroxyl groups excluding tert-OH is 1. The number of amides is 1. The normalized spacial score (nSPS) is 14.8. The van der Waals surface area contributed by atoms with E-state index in [0.717, 1.165) is 42.9 Å². The Bertz CT molecular complexity index is 2640. The van der Waals surface area contributed by atoms with E-state index in [4.69, 9.17) is 59.6 Å². The van der Waals surface area contributed by atoms with Crippen LogP contribution in [0.25, 0.3) is 0 Å². The third-order valence-corrected chi connectivity index (χ3v) is 14.5. The van der Waals surface area contributed by atoms with Crippen LogP contribution in [0.2, 0.25) is 10.0 Å². The van der Waals surface area contributed by atoms with E-state index in [1.165, 1.54) is 30.4 Å². The molecule has 23 heteroatoms. The number of piperidine rings is 2. The summed E-state index contributed by atoms with van der Waals surface area (Å²) in [4.78, 5) is 48.1. The number of methoxy groups -OCH3 is 1. The number of ether oxygens (including phenoxy) is 3. The molecule has 0 spiro atoms. The molecule has 5 aromatic rings. The molecule has 2 fully saturated rings. The number of hydrogen-bond donors (Lipinski definition) is 6. The molecule has 6 heterocycles. The summed E-state index contributed by atoms with van der Waals surface area (Å²) in [6.07, 6.45) is 5.63. The third kappa shape index (κ3) is 16.4. The van der Waals surface area contributed by atoms with Gasteiger partial charge in [-0.2, -0.15) is 0 Å². The Hall–Kier alpha value is -4.78. The number of nitrogen functional groups attached to an aromatic ring is 2. The van der Waals surface area contributed by atoms with Gasteiger partial charge >= 0.3 is 25.0 Å². The van der Waals surface area contributed by atoms with Crippen molar-refractivity contribution in [2.24, 2.45) is 5.73 Å². The van der Waals surface area contributed by atoms with Crippen LogP contribution in [0.1, 0.15) is 97.8 Å². The SMILES string of the molecule is C.CC1(N)CCN(c2cc(O)c(Sc3ccnc(N)c3Cl)nc2CO)CC1.COc1ccc(COc2cc(N3CCC(C)(NC(=O)OC(C)(C)C)CC3)c(C(C)=O)nc2Sc2ccnc(N)c2Cl)cc1.[B].[H-].[Li+]. The quantitative estimate of drug-likeness (QED) is 0.0560. The van der Waals surface area contributed by atoms with Crippen LogP contribution in [0.3, 0.4) is 0 Å². The molecule has 2 aliphatic heterocycles. The first-order chi connectivity index (χ1) is 32.6. The van der Waals surface area contributed by atoms with Gasteiger partial charge in [-0.25, -0.2) is 24.7 Å². The number of Topliss-reactive ketones (excluding diaryl/α,β-unsaturated/α-hetero) is 1. The summed E-state index contributed by atoms with van der Waals surface area (Å²) in [6.45, 7) is 13.8. The van der Waals surface area contributed by atoms with Crippen LogP contribution in [-0.4, -0.2) is 100 Å². The van der Waals surface area contributed by atoms with Crippen LogP contribution >= 0.6 is 46.7 Å². The monoisotopic (exact) mass is 1060 g/mol. The summed E-state index contributed by atoms with van der Waals surface area (Å²) in [6, 6.07) is 14.5. The number of hydrogen-bond acceptors (Lipinski definition) is 18. The molecule has 0 aliphatic carbocycles. The largest absolute Gasteiger partial charge is 1.00 e. The number of alkyl carbamates (subject to hydrolysis) is 1. The molecule has 383 valence electrons. The summed E-state index contributed by atoms with van der Waals surface area (Å²) >= 11 is 15.0. The first kappa shape index (κ1) is 61.5. The summed E-state index contributed by atoms with van der Waals surface area (Å²) in [5.74, 6) is 1.50. The van der Waals surface area contributed by atoms with Crippen LogP contribution in [0.5, 0.6) is 17.2 Å². The molecule has 0 unspecified atom stereocenters. The average Bonchev–Trinajstić information content (AvgIpc) is 3.29. The van der Waals surface area contributed by atoms with Crippen molar-refractivity contribution >= 4 is 90.0 Å². The summed E-state index contributed by atoms with van der Waals surface area (Å²) in [7, 11) is 1.62. The molecule has 0 saturated carbocycles. The number of nitrogens with zero attached hydrogens (tertiary/aromatic N) is 6. The van der Waals surface area contributed by atoms with Crippen molar-refractivity contribution in [2.75, 3.05) is 54.6 Å². The molecular formula is C49H65BCl2LiN10O7S2. The van der Waals surface area contributed by atoms with E-state index in [1.807, 2.05) is 65.0 Å². The number of carbonyl (C=O) groups is 2. The smallest absolute Gasteiger partial charge is 1.00 e. The minimum absolute atomic E-state index is 0. The molecular weight excluding hydrogens is 993 g/mol. The van der Waals surface area contributed by atoms with E-state index in [2.05, 4.69) is 30.1 Å². The zero-order chi connectivity index (χ0) is 50.3. The summed E-state index contributed by atoms with van der Waals surface area (Å²) in [5, 5.41) is 24.7. The van der Waals surface area contributed by atoms with E-state index in [1.54, 1.807) is 37.7 Å². The molecule has 17 nitrogen and oxygen atoms in total. The second-order valence-electron chi connectivity index (χ2n) is 18.3. The first-order valence-electron chi connectivity index (χ1n) is 22.2. The molecule has 1 aromatic carbocycles. The number of aromatic nitrogens is 4. The van der Waals surface area contributed by atoms with Gasteiger partial charge in [0.1, 0.15) is 51.1 Å². The Balaban J connectivity index is 0.000000525. The number of anilines is 4. The maximum Gasteiger partial charge on any atom is 1.00 e. The second kappa shape index (κ2) is 26.4. The van der Waals surface area contributed by atoms with Crippen molar-refractivity contribution in [3.8, 4) is 17.2 Å². The van der Waals surface area contributed by atoms with Gasteiger partial charge in [-0.05, 0) is 90.1 Å². The predicted octanol–water partition coefficient (Wildman–Crippen LogP) is 6.29. The number of nitrogens with one attached hydrogen (secondary N) is 1. The Morgan fingerprint density at radius 3 is 1.90 bits per heavy atom. The maximum atomic E-state index is 12.9. The number of carbonyl (C=O) groups excluding carboxylic acids is 2. The number of halogens is 2. The number of ketones is 1. The standard InChI is InChI=1S/C31H38ClN5O5S.C17H22ClN5O2S.CH4.B.Li.H/c1-19(38)26-22(37-15-12-31(5,13-16-37)36-29(39)42-30(2,3)4)17-23(41-18-20-7-9-21(40-6)10-8-20)28(35-26)43-24-11-14-34-27(33)25(24)32;1-17(20)3-6-23(7-4-17)11-8-12(25)16(22-10(11)9-24)26-13-2-5-21-15(19)14(13)18;;;;/h7-11,14,17H,12-13,15-16,18H2,1-6H3,(H2,33,34)(H,36,39);2,5,8,24-25H,3-4,6-7,9,20H2,1H3,(H2,19,21);1H4;;;/q;;;;+1;-1. The van der Waals surface area contributed by atoms with E-state index in [0.29, 0.717) is 78.6 Å². The zero-order valence-corrected chi connectivity index (χ0v) is 44.5. The van der Waals surface area contributed by atoms with Gasteiger partial charge in [-0.1, -0.05) is 66.3 Å². The molecule has 0 bridgehead atoms. The van der Waals surface area contributed by atoms with Crippen molar-refractivity contribution in [3.05, 3.63) is 87.9 Å². The molecule has 0 atom stereocenters. The summed E-state index contributed by atoms with van der Waals surface area (Å²) < 4.78 is 17.1. The van der Waals surface area contributed by atoms with Crippen molar-refractivity contribution in [2.45, 2.75) is 124 Å². The Labute approximate surface area is 456 Å². The van der Waals surface area contributed by atoms with Crippen LogP contribution < -0.4 is 60.7 Å². The van der Waals surface area contributed by atoms with Crippen molar-refractivity contribution in [3.63, 3.8) is 0 Å². The molecule has 7 rings (SSSR count). The zero-order valence-electron chi connectivity index (χ0n) is 42.3. The topological polar surface area (TPSA) is 250 Å². The van der Waals surface area contributed by atoms with E-state index in [-0.39, 0.29) is 78.0 Å². The number of rotatable bonds is 13. The predicted molar refractivity (Wildman–Crippen MR) is 286 cm³/mol. The van der Waals surface area contributed by atoms with Crippen molar-refractivity contribution in [1.29, 1.82) is 0 Å². The van der Waals surface area contributed by atoms with E-state index in [9.17, 15) is 19.8 Å². The molecule has 2 aliphatic rings. The third-order valence-electron chi connectivity index (χ3n) is 11.4. The van der Waals surface area contributed by atoms with Crippen LogP contribution in [0.15, 0.2) is 80.8 Å². The molecule has 9 N–H and O–H groups in total. The van der Waals surface area contributed by atoms with Crippen molar-refractivity contribution in [1.82, 2.24) is 25.3 Å². The fraction of sp³-hybridized carbons (Fsp3) is 0.429. The number of benzene rings is 1. The van der Waals surface area contributed by atoms with Crippen LogP contribution in [-0.2, 0) is 18.0 Å². The van der Waals surface area contributed by atoms with Gasteiger partial charge < -0.3 is 58.2 Å². The number of aliphatic hydroxyl groups is 1. The average molecular weight is 1060 g/mol. The summed E-state index contributed by atoms with van der Waals surface area (Å²) in [5.41, 5.74) is 19.8. The Morgan fingerprint density at radius 1 is 0.861 bits per heavy atom. The number of aromatic hydroxyl groups is 1. The van der Waals surface area contributed by atoms with Crippen LogP contribution in [0.4, 0.5) is 27.8 Å². The van der Waals surface area contributed by atoms with Gasteiger partial charge in [0.15, 0.2) is 11.5 Å². The first-order valence-corrected chi connectivity index (χ1v) is 24.6. The Kier molecular flexibility index (Phi) is 22.6. The fourth-order valence-corrected chi connectivity index (χ4v) is 9.62. The van der Waals surface area contributed by atoms with Gasteiger partial charge in [-0.3, -0.25) is 4.79 Å². The Morgan fingerprint density at radius 2 is 1.39 bits per heavy atom. The maximum absolute atomic E-state index is 12.9. The molecule has 4 aromatic heterocycles.